The van der Waals surface area contributed by atoms with Crippen LogP contribution < -0.4 is 5.32 Å². The molecule has 0 aliphatic carbocycles. The molecule has 0 fully saturated rings. The van der Waals surface area contributed by atoms with E-state index in [0.29, 0.717) is 6.04 Å². The Balaban J connectivity index is 2.12. The Hall–Kier alpha value is -1.25. The van der Waals surface area contributed by atoms with E-state index in [-0.39, 0.29) is 0 Å². The van der Waals surface area contributed by atoms with Gasteiger partial charge in [-0.05, 0) is 43.7 Å². The van der Waals surface area contributed by atoms with Crippen LogP contribution in [0.3, 0.4) is 0 Å². The summed E-state index contributed by atoms with van der Waals surface area (Å²) >= 11 is 1.92. The van der Waals surface area contributed by atoms with Crippen LogP contribution in [-0.2, 0) is 0 Å². The summed E-state index contributed by atoms with van der Waals surface area (Å²) in [5.41, 5.74) is 4.13. The highest BCUT2D eigenvalue weighted by Gasteiger charge is 2.13. The molecule has 20 heavy (non-hydrogen) atoms. The molecule has 0 amide bonds. The van der Waals surface area contributed by atoms with E-state index < -0.39 is 0 Å². The third-order valence-corrected chi connectivity index (χ3v) is 4.53. The van der Waals surface area contributed by atoms with Crippen molar-refractivity contribution < 1.29 is 0 Å². The molecule has 0 aliphatic heterocycles. The summed E-state index contributed by atoms with van der Waals surface area (Å²) in [4.78, 5) is 1.33. The first-order chi connectivity index (χ1) is 9.70. The maximum absolute atomic E-state index is 3.62. The fourth-order valence-electron chi connectivity index (χ4n) is 2.34. The standard InChI is InChI=1S/C18H23NS/c1-4-19-18(13-20-16-8-6-5-7-9-16)17-12-14(2)10-11-15(17)3/h5-12,18-19H,4,13H2,1-3H3. The van der Waals surface area contributed by atoms with E-state index in [1.165, 1.54) is 21.6 Å². The molecule has 1 N–H and O–H groups in total. The van der Waals surface area contributed by atoms with Gasteiger partial charge in [-0.3, -0.25) is 0 Å². The van der Waals surface area contributed by atoms with Crippen molar-refractivity contribution in [2.45, 2.75) is 31.7 Å². The van der Waals surface area contributed by atoms with E-state index in [0.717, 1.165) is 12.3 Å². The zero-order valence-corrected chi connectivity index (χ0v) is 13.3. The zero-order valence-electron chi connectivity index (χ0n) is 12.5. The SMILES string of the molecule is CCNC(CSc1ccccc1)c1cc(C)ccc1C. The lowest BCUT2D eigenvalue weighted by Gasteiger charge is -2.20. The monoisotopic (exact) mass is 285 g/mol. The van der Waals surface area contributed by atoms with Crippen LogP contribution in [-0.4, -0.2) is 12.3 Å². The summed E-state index contributed by atoms with van der Waals surface area (Å²) in [5, 5.41) is 3.62. The molecule has 2 rings (SSSR count). The molecular weight excluding hydrogens is 262 g/mol. The Bertz CT molecular complexity index is 536. The lowest BCUT2D eigenvalue weighted by molar-refractivity contribution is 0.603. The highest BCUT2D eigenvalue weighted by Crippen LogP contribution is 2.27. The molecule has 0 aliphatic rings. The van der Waals surface area contributed by atoms with Crippen molar-refractivity contribution >= 4 is 11.8 Å². The molecule has 2 heteroatoms. The second kappa shape index (κ2) is 7.51. The van der Waals surface area contributed by atoms with E-state index in [9.17, 15) is 0 Å². The van der Waals surface area contributed by atoms with Crippen LogP contribution in [0.1, 0.15) is 29.7 Å². The van der Waals surface area contributed by atoms with Gasteiger partial charge in [-0.1, -0.05) is 48.9 Å². The minimum absolute atomic E-state index is 0.408. The Morgan fingerprint density at radius 1 is 1.05 bits per heavy atom. The summed E-state index contributed by atoms with van der Waals surface area (Å²) in [6, 6.07) is 17.8. The predicted octanol–water partition coefficient (Wildman–Crippen LogP) is 4.75. The van der Waals surface area contributed by atoms with Gasteiger partial charge in [-0.15, -0.1) is 11.8 Å². The van der Waals surface area contributed by atoms with Gasteiger partial charge in [0.25, 0.3) is 0 Å². The van der Waals surface area contributed by atoms with Crippen LogP contribution >= 0.6 is 11.8 Å². The summed E-state index contributed by atoms with van der Waals surface area (Å²) in [6.45, 7) is 7.53. The Labute approximate surface area is 126 Å². The predicted molar refractivity (Wildman–Crippen MR) is 89.5 cm³/mol. The normalized spacial score (nSPS) is 12.3. The quantitative estimate of drug-likeness (QED) is 0.769. The highest BCUT2D eigenvalue weighted by atomic mass is 32.2. The molecule has 0 radical (unpaired) electrons. The molecule has 0 bridgehead atoms. The van der Waals surface area contributed by atoms with Crippen LogP contribution in [0.2, 0.25) is 0 Å². The van der Waals surface area contributed by atoms with E-state index in [1.54, 1.807) is 0 Å². The van der Waals surface area contributed by atoms with Crippen molar-refractivity contribution in [3.05, 3.63) is 65.2 Å². The molecule has 1 unspecified atom stereocenters. The third-order valence-electron chi connectivity index (χ3n) is 3.42. The van der Waals surface area contributed by atoms with Gasteiger partial charge in [-0.25, -0.2) is 0 Å². The van der Waals surface area contributed by atoms with Crippen molar-refractivity contribution in [2.24, 2.45) is 0 Å². The van der Waals surface area contributed by atoms with Crippen LogP contribution in [0.4, 0.5) is 0 Å². The van der Waals surface area contributed by atoms with Crippen LogP contribution in [0.25, 0.3) is 0 Å². The highest BCUT2D eigenvalue weighted by molar-refractivity contribution is 7.99. The average molecular weight is 285 g/mol. The van der Waals surface area contributed by atoms with Crippen molar-refractivity contribution in [1.29, 1.82) is 0 Å². The Kier molecular flexibility index (Phi) is 5.69. The summed E-state index contributed by atoms with van der Waals surface area (Å²) in [7, 11) is 0. The van der Waals surface area contributed by atoms with Crippen molar-refractivity contribution in [3.63, 3.8) is 0 Å². The number of benzene rings is 2. The molecular formula is C18H23NS. The number of hydrogen-bond acceptors (Lipinski definition) is 2. The molecule has 2 aromatic carbocycles. The fourth-order valence-corrected chi connectivity index (χ4v) is 3.34. The number of nitrogens with one attached hydrogen (secondary N) is 1. The lowest BCUT2D eigenvalue weighted by atomic mass is 10.00. The first-order valence-corrected chi connectivity index (χ1v) is 8.17. The summed E-state index contributed by atoms with van der Waals surface area (Å²) in [6.07, 6.45) is 0. The van der Waals surface area contributed by atoms with E-state index >= 15 is 0 Å². The zero-order chi connectivity index (χ0) is 14.4. The van der Waals surface area contributed by atoms with Crippen LogP contribution in [0.15, 0.2) is 53.4 Å². The van der Waals surface area contributed by atoms with Crippen LogP contribution in [0, 0.1) is 13.8 Å². The minimum Gasteiger partial charge on any atom is -0.309 e. The van der Waals surface area contributed by atoms with Gasteiger partial charge in [0.1, 0.15) is 0 Å². The minimum atomic E-state index is 0.408. The van der Waals surface area contributed by atoms with Gasteiger partial charge in [0.05, 0.1) is 0 Å². The summed E-state index contributed by atoms with van der Waals surface area (Å²) < 4.78 is 0. The first-order valence-electron chi connectivity index (χ1n) is 7.19. The second-order valence-corrected chi connectivity index (χ2v) is 6.19. The molecule has 0 saturated heterocycles. The van der Waals surface area contributed by atoms with Gasteiger partial charge in [0.2, 0.25) is 0 Å². The topological polar surface area (TPSA) is 12.0 Å². The molecule has 106 valence electrons. The Morgan fingerprint density at radius 3 is 2.50 bits per heavy atom. The number of rotatable bonds is 6. The van der Waals surface area contributed by atoms with E-state index in [2.05, 4.69) is 74.6 Å². The van der Waals surface area contributed by atoms with E-state index in [4.69, 9.17) is 0 Å². The van der Waals surface area contributed by atoms with E-state index in [1.807, 2.05) is 11.8 Å². The molecule has 0 saturated carbocycles. The average Bonchev–Trinajstić information content (AvgIpc) is 2.47. The molecule has 1 atom stereocenters. The summed E-state index contributed by atoms with van der Waals surface area (Å²) in [5.74, 6) is 1.06. The number of thioether (sulfide) groups is 1. The van der Waals surface area contributed by atoms with Crippen molar-refractivity contribution in [2.75, 3.05) is 12.3 Å². The maximum Gasteiger partial charge on any atom is 0.0418 e. The van der Waals surface area contributed by atoms with Crippen molar-refractivity contribution in [3.8, 4) is 0 Å². The maximum atomic E-state index is 3.62. The first kappa shape index (κ1) is 15.1. The molecule has 0 spiro atoms. The van der Waals surface area contributed by atoms with Gasteiger partial charge in [0, 0.05) is 16.7 Å². The van der Waals surface area contributed by atoms with Gasteiger partial charge in [-0.2, -0.15) is 0 Å². The second-order valence-electron chi connectivity index (χ2n) is 5.09. The molecule has 2 aromatic rings. The Morgan fingerprint density at radius 2 is 1.80 bits per heavy atom. The molecule has 0 aromatic heterocycles. The fraction of sp³-hybridized carbons (Fsp3) is 0.333. The molecule has 1 nitrogen and oxygen atoms in total. The third kappa shape index (κ3) is 4.12. The lowest BCUT2D eigenvalue weighted by Crippen LogP contribution is -2.23. The molecule has 0 heterocycles. The van der Waals surface area contributed by atoms with Gasteiger partial charge >= 0.3 is 0 Å². The van der Waals surface area contributed by atoms with Crippen LogP contribution in [0.5, 0.6) is 0 Å². The number of hydrogen-bond donors (Lipinski definition) is 1. The van der Waals surface area contributed by atoms with Gasteiger partial charge in [0.15, 0.2) is 0 Å². The number of aryl methyl sites for hydroxylation is 2. The van der Waals surface area contributed by atoms with Gasteiger partial charge < -0.3 is 5.32 Å². The van der Waals surface area contributed by atoms with Crippen molar-refractivity contribution in [1.82, 2.24) is 5.32 Å². The smallest absolute Gasteiger partial charge is 0.0418 e. The largest absolute Gasteiger partial charge is 0.309 e.